The number of halogens is 1. The number of likely N-dealkylation sites (N-methyl/N-ethyl adjacent to an activating group) is 1. The van der Waals surface area contributed by atoms with E-state index >= 15 is 0 Å². The third-order valence-corrected chi connectivity index (χ3v) is 4.92. The van der Waals surface area contributed by atoms with Crippen molar-refractivity contribution in [3.8, 4) is 0 Å². The van der Waals surface area contributed by atoms with Crippen LogP contribution in [0.1, 0.15) is 37.1 Å². The Hall–Kier alpha value is -2.40. The van der Waals surface area contributed by atoms with Gasteiger partial charge in [-0.25, -0.2) is 0 Å². The lowest BCUT2D eigenvalue weighted by atomic mass is 10.1. The van der Waals surface area contributed by atoms with Gasteiger partial charge in [0.1, 0.15) is 12.2 Å². The van der Waals surface area contributed by atoms with E-state index in [1.807, 2.05) is 31.2 Å². The summed E-state index contributed by atoms with van der Waals surface area (Å²) in [7, 11) is 1.75. The van der Waals surface area contributed by atoms with Crippen molar-refractivity contribution < 1.29 is 9.59 Å². The van der Waals surface area contributed by atoms with Gasteiger partial charge in [0.2, 0.25) is 11.8 Å². The van der Waals surface area contributed by atoms with Crippen molar-refractivity contribution >= 4 is 23.4 Å². The van der Waals surface area contributed by atoms with Crippen molar-refractivity contribution in [3.63, 3.8) is 0 Å². The van der Waals surface area contributed by atoms with Gasteiger partial charge >= 0.3 is 0 Å². The standard InChI is InChI=1S/C20H22ClN3O2/c1-3-5-18(25)24-17(12-14-6-4-11-22-13-14)20(26)23(2)19(24)15-7-9-16(21)10-8-15/h4,6-11,13,17,19H,3,5,12H2,1-2H3. The van der Waals surface area contributed by atoms with E-state index in [0.29, 0.717) is 17.9 Å². The molecule has 2 atom stereocenters. The zero-order valence-corrected chi connectivity index (χ0v) is 15.7. The smallest absolute Gasteiger partial charge is 0.247 e. The van der Waals surface area contributed by atoms with Crippen molar-refractivity contribution in [1.29, 1.82) is 0 Å². The second-order valence-corrected chi connectivity index (χ2v) is 6.94. The number of nitrogens with zero attached hydrogens (tertiary/aromatic N) is 3. The van der Waals surface area contributed by atoms with Gasteiger partial charge in [-0.3, -0.25) is 14.6 Å². The van der Waals surface area contributed by atoms with Crippen LogP contribution in [-0.4, -0.2) is 39.7 Å². The summed E-state index contributed by atoms with van der Waals surface area (Å²) in [5.41, 5.74) is 1.81. The van der Waals surface area contributed by atoms with Crippen LogP contribution in [0.2, 0.25) is 5.02 Å². The molecule has 5 nitrogen and oxygen atoms in total. The van der Waals surface area contributed by atoms with E-state index in [1.165, 1.54) is 0 Å². The van der Waals surface area contributed by atoms with Crippen LogP contribution in [0.25, 0.3) is 0 Å². The Morgan fingerprint density at radius 1 is 1.23 bits per heavy atom. The second-order valence-electron chi connectivity index (χ2n) is 6.51. The molecule has 1 aromatic heterocycles. The highest BCUT2D eigenvalue weighted by atomic mass is 35.5. The summed E-state index contributed by atoms with van der Waals surface area (Å²) < 4.78 is 0. The van der Waals surface area contributed by atoms with Crippen molar-refractivity contribution in [2.45, 2.75) is 38.4 Å². The zero-order chi connectivity index (χ0) is 18.7. The highest BCUT2D eigenvalue weighted by Gasteiger charge is 2.46. The average Bonchev–Trinajstić information content (AvgIpc) is 2.89. The molecule has 26 heavy (non-hydrogen) atoms. The normalized spacial score (nSPS) is 19.9. The number of pyridine rings is 1. The Morgan fingerprint density at radius 2 is 1.96 bits per heavy atom. The maximum absolute atomic E-state index is 13.0. The molecular formula is C20H22ClN3O2. The minimum absolute atomic E-state index is 0.0148. The van der Waals surface area contributed by atoms with Gasteiger partial charge in [0, 0.05) is 37.3 Å². The lowest BCUT2D eigenvalue weighted by Crippen LogP contribution is -2.40. The van der Waals surface area contributed by atoms with Crippen molar-refractivity contribution in [2.75, 3.05) is 7.05 Å². The summed E-state index contributed by atoms with van der Waals surface area (Å²) >= 11 is 6.00. The van der Waals surface area contributed by atoms with Crippen molar-refractivity contribution in [2.24, 2.45) is 0 Å². The number of aromatic nitrogens is 1. The molecule has 1 aliphatic heterocycles. The van der Waals surface area contributed by atoms with E-state index in [-0.39, 0.29) is 11.8 Å². The summed E-state index contributed by atoms with van der Waals surface area (Å²) in [6, 6.07) is 10.6. The van der Waals surface area contributed by atoms with Gasteiger partial charge in [-0.05, 0) is 35.7 Å². The summed E-state index contributed by atoms with van der Waals surface area (Å²) in [6.07, 6.45) is 4.62. The Bertz CT molecular complexity index is 779. The molecule has 1 aliphatic rings. The van der Waals surface area contributed by atoms with E-state index in [1.54, 1.807) is 41.4 Å². The van der Waals surface area contributed by atoms with Crippen LogP contribution < -0.4 is 0 Å². The number of amides is 2. The third kappa shape index (κ3) is 3.58. The fraction of sp³-hybridized carbons (Fsp3) is 0.350. The maximum Gasteiger partial charge on any atom is 0.247 e. The van der Waals surface area contributed by atoms with Gasteiger partial charge in [-0.15, -0.1) is 0 Å². The number of hydrogen-bond donors (Lipinski definition) is 0. The number of carbonyl (C=O) groups excluding carboxylic acids is 2. The molecule has 1 saturated heterocycles. The molecule has 2 amide bonds. The van der Waals surface area contributed by atoms with Crippen molar-refractivity contribution in [1.82, 2.24) is 14.8 Å². The summed E-state index contributed by atoms with van der Waals surface area (Å²) in [4.78, 5) is 33.4. The lowest BCUT2D eigenvalue weighted by Gasteiger charge is -2.30. The van der Waals surface area contributed by atoms with Crippen LogP contribution in [0.4, 0.5) is 0 Å². The fourth-order valence-electron chi connectivity index (χ4n) is 3.43. The SMILES string of the molecule is CCCC(=O)N1C(Cc2cccnc2)C(=O)N(C)C1c1ccc(Cl)cc1. The Balaban J connectivity index is 1.98. The minimum Gasteiger partial charge on any atom is -0.319 e. The van der Waals surface area contributed by atoms with Gasteiger partial charge in [0.25, 0.3) is 0 Å². The van der Waals surface area contributed by atoms with Gasteiger partial charge in [-0.1, -0.05) is 36.7 Å². The van der Waals surface area contributed by atoms with Gasteiger partial charge in [0.15, 0.2) is 0 Å². The van der Waals surface area contributed by atoms with E-state index in [9.17, 15) is 9.59 Å². The lowest BCUT2D eigenvalue weighted by molar-refractivity contribution is -0.136. The highest BCUT2D eigenvalue weighted by Crippen LogP contribution is 2.35. The molecule has 2 unspecified atom stereocenters. The van der Waals surface area contributed by atoms with E-state index < -0.39 is 12.2 Å². The molecule has 6 heteroatoms. The molecule has 0 spiro atoms. The maximum atomic E-state index is 13.0. The quantitative estimate of drug-likeness (QED) is 0.808. The van der Waals surface area contributed by atoms with Crippen molar-refractivity contribution in [3.05, 3.63) is 64.9 Å². The molecule has 0 radical (unpaired) electrons. The summed E-state index contributed by atoms with van der Waals surface area (Å²) in [5, 5.41) is 0.624. The van der Waals surface area contributed by atoms with Crippen LogP contribution in [0.5, 0.6) is 0 Å². The molecule has 2 aromatic rings. The molecule has 0 aliphatic carbocycles. The molecule has 0 saturated carbocycles. The van der Waals surface area contributed by atoms with Crippen LogP contribution in [-0.2, 0) is 16.0 Å². The molecule has 3 rings (SSSR count). The minimum atomic E-state index is -0.524. The van der Waals surface area contributed by atoms with Crippen LogP contribution in [0.3, 0.4) is 0 Å². The predicted molar refractivity (Wildman–Crippen MR) is 100 cm³/mol. The first-order valence-electron chi connectivity index (χ1n) is 8.75. The topological polar surface area (TPSA) is 53.5 Å². The van der Waals surface area contributed by atoms with Gasteiger partial charge < -0.3 is 9.80 Å². The summed E-state index contributed by atoms with van der Waals surface area (Å²) in [5.74, 6) is -0.0719. The first kappa shape index (κ1) is 18.4. The Labute approximate surface area is 158 Å². The number of carbonyl (C=O) groups is 2. The molecule has 136 valence electrons. The van der Waals surface area contributed by atoms with Crippen LogP contribution in [0, 0.1) is 0 Å². The molecule has 2 heterocycles. The Kier molecular flexibility index (Phi) is 5.57. The van der Waals surface area contributed by atoms with E-state index in [2.05, 4.69) is 4.98 Å². The largest absolute Gasteiger partial charge is 0.319 e. The molecule has 0 N–H and O–H groups in total. The first-order valence-corrected chi connectivity index (χ1v) is 9.13. The number of hydrogen-bond acceptors (Lipinski definition) is 3. The number of benzene rings is 1. The monoisotopic (exact) mass is 371 g/mol. The van der Waals surface area contributed by atoms with E-state index in [4.69, 9.17) is 11.6 Å². The van der Waals surface area contributed by atoms with E-state index in [0.717, 1.165) is 17.5 Å². The Morgan fingerprint density at radius 3 is 2.58 bits per heavy atom. The second kappa shape index (κ2) is 7.87. The number of rotatable bonds is 5. The first-order chi connectivity index (χ1) is 12.5. The summed E-state index contributed by atoms with van der Waals surface area (Å²) in [6.45, 7) is 1.97. The molecular weight excluding hydrogens is 350 g/mol. The fourth-order valence-corrected chi connectivity index (χ4v) is 3.56. The van der Waals surface area contributed by atoms with Crippen LogP contribution in [0.15, 0.2) is 48.8 Å². The highest BCUT2D eigenvalue weighted by molar-refractivity contribution is 6.30. The van der Waals surface area contributed by atoms with Gasteiger partial charge in [-0.2, -0.15) is 0 Å². The molecule has 1 aromatic carbocycles. The third-order valence-electron chi connectivity index (χ3n) is 4.67. The van der Waals surface area contributed by atoms with Gasteiger partial charge in [0.05, 0.1) is 0 Å². The van der Waals surface area contributed by atoms with Crippen LogP contribution >= 0.6 is 11.6 Å². The average molecular weight is 372 g/mol. The molecule has 1 fully saturated rings. The molecule has 0 bridgehead atoms. The predicted octanol–water partition coefficient (Wildman–Crippen LogP) is 3.45. The zero-order valence-electron chi connectivity index (χ0n) is 14.9.